The standard InChI is InChI=1S/C16H13NO5/c1-3-9(18)10-11-13(19)8-6-5-7-17-12(8)14(20)15(11)22-16(10)21-4-2/h5-7H,3-4H2,1-2H3. The molecular weight excluding hydrogens is 286 g/mol. The van der Waals surface area contributed by atoms with Crippen LogP contribution in [0.3, 0.4) is 0 Å². The van der Waals surface area contributed by atoms with E-state index in [0.29, 0.717) is 0 Å². The molecular formula is C16H13NO5. The fourth-order valence-corrected chi connectivity index (χ4v) is 2.46. The zero-order valence-electron chi connectivity index (χ0n) is 12.1. The van der Waals surface area contributed by atoms with E-state index in [1.54, 1.807) is 19.9 Å². The smallest absolute Gasteiger partial charge is 0.297 e. The Labute approximate surface area is 126 Å². The van der Waals surface area contributed by atoms with Crippen LogP contribution < -0.4 is 4.74 Å². The molecule has 0 unspecified atom stereocenters. The second kappa shape index (κ2) is 5.22. The summed E-state index contributed by atoms with van der Waals surface area (Å²) in [6.07, 6.45) is 1.60. The quantitative estimate of drug-likeness (QED) is 0.688. The highest BCUT2D eigenvalue weighted by Crippen LogP contribution is 2.37. The number of hydrogen-bond donors (Lipinski definition) is 0. The molecule has 0 spiro atoms. The summed E-state index contributed by atoms with van der Waals surface area (Å²) in [7, 11) is 0. The third-order valence-corrected chi connectivity index (χ3v) is 3.45. The van der Waals surface area contributed by atoms with Crippen molar-refractivity contribution in [1.29, 1.82) is 0 Å². The van der Waals surface area contributed by atoms with Crippen LogP contribution in [0.5, 0.6) is 5.95 Å². The Balaban J connectivity index is 2.28. The van der Waals surface area contributed by atoms with Crippen molar-refractivity contribution >= 4 is 17.3 Å². The number of pyridine rings is 1. The number of ether oxygens (including phenoxy) is 1. The number of hydrogen-bond acceptors (Lipinski definition) is 6. The first kappa shape index (κ1) is 14.2. The van der Waals surface area contributed by atoms with E-state index >= 15 is 0 Å². The maximum Gasteiger partial charge on any atom is 0.297 e. The average molecular weight is 299 g/mol. The summed E-state index contributed by atoms with van der Waals surface area (Å²) in [5.74, 6) is -1.50. The zero-order chi connectivity index (χ0) is 15.9. The summed E-state index contributed by atoms with van der Waals surface area (Å²) in [6.45, 7) is 3.65. The molecule has 2 heterocycles. The summed E-state index contributed by atoms with van der Waals surface area (Å²) in [5.41, 5.74) is 0.245. The molecule has 0 radical (unpaired) electrons. The molecule has 2 aromatic heterocycles. The minimum absolute atomic E-state index is 0.0131. The number of carbonyl (C=O) groups is 3. The van der Waals surface area contributed by atoms with Crippen molar-refractivity contribution in [2.45, 2.75) is 20.3 Å². The van der Waals surface area contributed by atoms with Crippen LogP contribution >= 0.6 is 0 Å². The molecule has 0 saturated carbocycles. The number of rotatable bonds is 4. The van der Waals surface area contributed by atoms with Gasteiger partial charge in [-0.3, -0.25) is 19.4 Å². The Kier molecular flexibility index (Phi) is 3.36. The van der Waals surface area contributed by atoms with Crippen molar-refractivity contribution in [3.05, 3.63) is 46.5 Å². The SMILES string of the molecule is CCOc1oc2c(c1C(=O)CC)C(=O)c1cccnc1C2=O. The fraction of sp³-hybridized carbons (Fsp3) is 0.250. The Morgan fingerprint density at radius 3 is 2.73 bits per heavy atom. The molecule has 0 bridgehead atoms. The minimum atomic E-state index is -0.513. The number of carbonyl (C=O) groups excluding carboxylic acids is 3. The lowest BCUT2D eigenvalue weighted by atomic mass is 9.88. The van der Waals surface area contributed by atoms with Crippen LogP contribution in [-0.4, -0.2) is 28.9 Å². The molecule has 2 aromatic rings. The Morgan fingerprint density at radius 2 is 2.05 bits per heavy atom. The summed E-state index contributed by atoms with van der Waals surface area (Å²) < 4.78 is 10.7. The van der Waals surface area contributed by atoms with Crippen LogP contribution in [0.1, 0.15) is 62.8 Å². The van der Waals surface area contributed by atoms with Crippen molar-refractivity contribution in [2.75, 3.05) is 6.61 Å². The van der Waals surface area contributed by atoms with E-state index in [2.05, 4.69) is 4.98 Å². The van der Waals surface area contributed by atoms with E-state index in [0.717, 1.165) is 0 Å². The van der Waals surface area contributed by atoms with Crippen LogP contribution in [0.25, 0.3) is 0 Å². The van der Waals surface area contributed by atoms with E-state index in [1.165, 1.54) is 12.3 Å². The number of nitrogens with zero attached hydrogens (tertiary/aromatic N) is 1. The summed E-state index contributed by atoms with van der Waals surface area (Å²) in [5, 5.41) is 0. The molecule has 3 rings (SSSR count). The Morgan fingerprint density at radius 1 is 1.27 bits per heavy atom. The van der Waals surface area contributed by atoms with Gasteiger partial charge in [0.15, 0.2) is 17.3 Å². The second-order valence-corrected chi connectivity index (χ2v) is 4.74. The predicted octanol–water partition coefficient (Wildman–Crippen LogP) is 2.44. The van der Waals surface area contributed by atoms with E-state index in [4.69, 9.17) is 9.15 Å². The molecule has 0 fully saturated rings. The topological polar surface area (TPSA) is 86.5 Å². The van der Waals surface area contributed by atoms with E-state index < -0.39 is 11.6 Å². The van der Waals surface area contributed by atoms with Crippen LogP contribution in [0, 0.1) is 0 Å². The van der Waals surface area contributed by atoms with E-state index in [9.17, 15) is 14.4 Å². The largest absolute Gasteiger partial charge is 0.465 e. The zero-order valence-corrected chi connectivity index (χ0v) is 12.1. The molecule has 0 aliphatic heterocycles. The maximum atomic E-state index is 12.7. The second-order valence-electron chi connectivity index (χ2n) is 4.74. The van der Waals surface area contributed by atoms with Gasteiger partial charge in [-0.05, 0) is 19.1 Å². The molecule has 0 saturated heterocycles. The van der Waals surface area contributed by atoms with Crippen molar-refractivity contribution in [2.24, 2.45) is 0 Å². The monoisotopic (exact) mass is 299 g/mol. The third kappa shape index (κ3) is 1.88. The van der Waals surface area contributed by atoms with Gasteiger partial charge in [-0.2, -0.15) is 0 Å². The van der Waals surface area contributed by atoms with Crippen molar-refractivity contribution in [1.82, 2.24) is 4.98 Å². The van der Waals surface area contributed by atoms with Gasteiger partial charge < -0.3 is 9.15 Å². The normalized spacial score (nSPS) is 12.8. The fourth-order valence-electron chi connectivity index (χ4n) is 2.46. The van der Waals surface area contributed by atoms with Crippen LogP contribution in [0.4, 0.5) is 0 Å². The van der Waals surface area contributed by atoms with Gasteiger partial charge in [-0.1, -0.05) is 6.92 Å². The predicted molar refractivity (Wildman–Crippen MR) is 75.6 cm³/mol. The van der Waals surface area contributed by atoms with Crippen molar-refractivity contribution < 1.29 is 23.5 Å². The van der Waals surface area contributed by atoms with Crippen LogP contribution in [0.15, 0.2) is 22.7 Å². The number of Topliss-reactive ketones (excluding diaryl/α,β-unsaturated/α-hetero) is 1. The molecule has 1 aliphatic rings. The third-order valence-electron chi connectivity index (χ3n) is 3.45. The van der Waals surface area contributed by atoms with Gasteiger partial charge in [-0.15, -0.1) is 0 Å². The lowest BCUT2D eigenvalue weighted by Gasteiger charge is -2.11. The average Bonchev–Trinajstić information content (AvgIpc) is 2.92. The molecule has 0 aromatic carbocycles. The lowest BCUT2D eigenvalue weighted by molar-refractivity contribution is 0.0949. The number of furan rings is 1. The number of fused-ring (bicyclic) bond motifs is 2. The summed E-state index contributed by atoms with van der Waals surface area (Å²) >= 11 is 0. The van der Waals surface area contributed by atoms with Gasteiger partial charge in [0.05, 0.1) is 17.7 Å². The van der Waals surface area contributed by atoms with E-state index in [-0.39, 0.29) is 52.9 Å². The number of ketones is 3. The van der Waals surface area contributed by atoms with Gasteiger partial charge in [0.2, 0.25) is 5.78 Å². The van der Waals surface area contributed by atoms with Gasteiger partial charge in [0, 0.05) is 12.6 Å². The molecule has 1 aliphatic carbocycles. The molecule has 22 heavy (non-hydrogen) atoms. The van der Waals surface area contributed by atoms with Gasteiger partial charge in [-0.25, -0.2) is 0 Å². The summed E-state index contributed by atoms with van der Waals surface area (Å²) in [6, 6.07) is 3.08. The summed E-state index contributed by atoms with van der Waals surface area (Å²) in [4.78, 5) is 41.2. The lowest BCUT2D eigenvalue weighted by Crippen LogP contribution is -2.22. The first-order chi connectivity index (χ1) is 10.6. The number of aromatic nitrogens is 1. The first-order valence-corrected chi connectivity index (χ1v) is 6.97. The molecule has 0 amide bonds. The van der Waals surface area contributed by atoms with Crippen molar-refractivity contribution in [3.63, 3.8) is 0 Å². The Bertz CT molecular complexity index is 803. The highest BCUT2D eigenvalue weighted by molar-refractivity contribution is 6.29. The van der Waals surface area contributed by atoms with Gasteiger partial charge in [0.1, 0.15) is 11.3 Å². The minimum Gasteiger partial charge on any atom is -0.465 e. The first-order valence-electron chi connectivity index (χ1n) is 6.97. The van der Waals surface area contributed by atoms with Gasteiger partial charge in [0.25, 0.3) is 5.95 Å². The molecule has 0 atom stereocenters. The molecule has 6 heteroatoms. The molecule has 0 N–H and O–H groups in total. The maximum absolute atomic E-state index is 12.7. The van der Waals surface area contributed by atoms with Gasteiger partial charge >= 0.3 is 0 Å². The van der Waals surface area contributed by atoms with E-state index in [1.807, 2.05) is 0 Å². The molecule has 112 valence electrons. The Hall–Kier alpha value is -2.76. The van der Waals surface area contributed by atoms with Crippen LogP contribution in [-0.2, 0) is 0 Å². The highest BCUT2D eigenvalue weighted by Gasteiger charge is 2.40. The van der Waals surface area contributed by atoms with Crippen molar-refractivity contribution in [3.8, 4) is 5.95 Å². The van der Waals surface area contributed by atoms with Crippen LogP contribution in [0.2, 0.25) is 0 Å². The highest BCUT2D eigenvalue weighted by atomic mass is 16.6. The molecule has 6 nitrogen and oxygen atoms in total.